The van der Waals surface area contributed by atoms with E-state index in [4.69, 9.17) is 4.74 Å². The van der Waals surface area contributed by atoms with E-state index in [1.165, 1.54) is 0 Å². The Balaban J connectivity index is 2.18. The van der Waals surface area contributed by atoms with Crippen LogP contribution in [0, 0.1) is 6.92 Å². The highest BCUT2D eigenvalue weighted by atomic mass is 16.5. The molecule has 1 aliphatic heterocycles. The number of aryl methyl sites for hydroxylation is 1. The molecule has 0 radical (unpaired) electrons. The summed E-state index contributed by atoms with van der Waals surface area (Å²) in [7, 11) is 1.74. The minimum absolute atomic E-state index is 0.298. The summed E-state index contributed by atoms with van der Waals surface area (Å²) in [5.41, 5.74) is 1.67. The molecule has 0 spiro atoms. The van der Waals surface area contributed by atoms with Crippen LogP contribution in [0.2, 0.25) is 0 Å². The van der Waals surface area contributed by atoms with Crippen LogP contribution in [0.3, 0.4) is 0 Å². The van der Waals surface area contributed by atoms with Crippen LogP contribution >= 0.6 is 0 Å². The SMILES string of the molecule is COC1CCN(c2ncc(C=O)cc2C)C1. The summed E-state index contributed by atoms with van der Waals surface area (Å²) in [6, 6.07) is 1.87. The van der Waals surface area contributed by atoms with Crippen molar-refractivity contribution in [1.29, 1.82) is 0 Å². The lowest BCUT2D eigenvalue weighted by Crippen LogP contribution is -2.24. The zero-order chi connectivity index (χ0) is 11.5. The molecule has 2 rings (SSSR count). The van der Waals surface area contributed by atoms with E-state index in [1.807, 2.05) is 13.0 Å². The largest absolute Gasteiger partial charge is 0.380 e. The number of carbonyl (C=O) groups excluding carboxylic acids is 1. The Labute approximate surface area is 95.2 Å². The third-order valence-electron chi connectivity index (χ3n) is 2.99. The van der Waals surface area contributed by atoms with E-state index in [0.29, 0.717) is 11.7 Å². The van der Waals surface area contributed by atoms with Crippen molar-refractivity contribution in [2.24, 2.45) is 0 Å². The topological polar surface area (TPSA) is 42.4 Å². The molecule has 0 bridgehead atoms. The molecule has 2 heterocycles. The molecule has 0 aliphatic carbocycles. The molecule has 0 N–H and O–H groups in total. The third kappa shape index (κ3) is 2.07. The van der Waals surface area contributed by atoms with Gasteiger partial charge in [-0.3, -0.25) is 4.79 Å². The molecule has 1 aromatic heterocycles. The van der Waals surface area contributed by atoms with Crippen LogP contribution in [0.4, 0.5) is 5.82 Å². The normalized spacial score (nSPS) is 20.1. The molecule has 16 heavy (non-hydrogen) atoms. The first-order chi connectivity index (χ1) is 7.74. The summed E-state index contributed by atoms with van der Waals surface area (Å²) in [5, 5.41) is 0. The molecular weight excluding hydrogens is 204 g/mol. The molecule has 1 unspecified atom stereocenters. The van der Waals surface area contributed by atoms with Crippen molar-refractivity contribution in [3.05, 3.63) is 23.4 Å². The van der Waals surface area contributed by atoms with Gasteiger partial charge in [0.15, 0.2) is 6.29 Å². The van der Waals surface area contributed by atoms with Gasteiger partial charge < -0.3 is 9.64 Å². The Bertz CT molecular complexity index is 393. The van der Waals surface area contributed by atoms with Crippen LogP contribution < -0.4 is 4.90 Å². The van der Waals surface area contributed by atoms with Gasteiger partial charge in [0, 0.05) is 32.0 Å². The lowest BCUT2D eigenvalue weighted by Gasteiger charge is -2.19. The Kier molecular flexibility index (Phi) is 3.19. The van der Waals surface area contributed by atoms with Gasteiger partial charge in [-0.2, -0.15) is 0 Å². The minimum atomic E-state index is 0.298. The highest BCUT2D eigenvalue weighted by molar-refractivity contribution is 5.75. The Morgan fingerprint density at radius 1 is 1.62 bits per heavy atom. The van der Waals surface area contributed by atoms with E-state index in [0.717, 1.165) is 37.2 Å². The van der Waals surface area contributed by atoms with Crippen LogP contribution in [0.1, 0.15) is 22.3 Å². The molecule has 1 saturated heterocycles. The van der Waals surface area contributed by atoms with Gasteiger partial charge in [0.25, 0.3) is 0 Å². The minimum Gasteiger partial charge on any atom is -0.380 e. The Hall–Kier alpha value is -1.42. The Morgan fingerprint density at radius 3 is 3.00 bits per heavy atom. The highest BCUT2D eigenvalue weighted by Gasteiger charge is 2.24. The fourth-order valence-corrected chi connectivity index (χ4v) is 2.10. The number of anilines is 1. The zero-order valence-electron chi connectivity index (χ0n) is 9.64. The molecule has 0 aromatic carbocycles. The molecule has 1 aliphatic rings. The van der Waals surface area contributed by atoms with Gasteiger partial charge in [-0.25, -0.2) is 4.98 Å². The van der Waals surface area contributed by atoms with E-state index < -0.39 is 0 Å². The second kappa shape index (κ2) is 4.61. The fraction of sp³-hybridized carbons (Fsp3) is 0.500. The fourth-order valence-electron chi connectivity index (χ4n) is 2.10. The number of ether oxygens (including phenoxy) is 1. The van der Waals surface area contributed by atoms with Crippen LogP contribution in [-0.4, -0.2) is 37.6 Å². The molecule has 0 saturated carbocycles. The van der Waals surface area contributed by atoms with Gasteiger partial charge in [0.1, 0.15) is 5.82 Å². The van der Waals surface area contributed by atoms with Gasteiger partial charge in [-0.1, -0.05) is 0 Å². The standard InChI is InChI=1S/C12H16N2O2/c1-9-5-10(8-15)6-13-12(9)14-4-3-11(7-14)16-2/h5-6,8,11H,3-4,7H2,1-2H3. The van der Waals surface area contributed by atoms with E-state index in [-0.39, 0.29) is 0 Å². The number of nitrogens with zero attached hydrogens (tertiary/aromatic N) is 2. The first-order valence-electron chi connectivity index (χ1n) is 5.44. The van der Waals surface area contributed by atoms with Gasteiger partial charge in [0.2, 0.25) is 0 Å². The number of aldehydes is 1. The molecule has 1 fully saturated rings. The van der Waals surface area contributed by atoms with Crippen molar-refractivity contribution < 1.29 is 9.53 Å². The first-order valence-corrected chi connectivity index (χ1v) is 5.44. The number of hydrogen-bond acceptors (Lipinski definition) is 4. The van der Waals surface area contributed by atoms with Crippen LogP contribution in [-0.2, 0) is 4.74 Å². The first kappa shape index (κ1) is 11.1. The van der Waals surface area contributed by atoms with Gasteiger partial charge in [-0.15, -0.1) is 0 Å². The van der Waals surface area contributed by atoms with Crippen molar-refractivity contribution in [2.75, 3.05) is 25.1 Å². The predicted octanol–water partition coefficient (Wildman–Crippen LogP) is 1.43. The second-order valence-electron chi connectivity index (χ2n) is 4.12. The maximum atomic E-state index is 10.6. The number of aromatic nitrogens is 1. The van der Waals surface area contributed by atoms with Crippen LogP contribution in [0.15, 0.2) is 12.3 Å². The zero-order valence-corrected chi connectivity index (χ0v) is 9.64. The van der Waals surface area contributed by atoms with Crippen molar-refractivity contribution in [2.45, 2.75) is 19.4 Å². The molecule has 4 heteroatoms. The molecule has 0 amide bonds. The summed E-state index contributed by atoms with van der Waals surface area (Å²) in [4.78, 5) is 17.2. The number of hydrogen-bond donors (Lipinski definition) is 0. The van der Waals surface area contributed by atoms with Gasteiger partial charge in [-0.05, 0) is 25.0 Å². The molecule has 86 valence electrons. The number of carbonyl (C=O) groups is 1. The summed E-state index contributed by atoms with van der Waals surface area (Å²) in [5.74, 6) is 0.963. The second-order valence-corrected chi connectivity index (χ2v) is 4.12. The van der Waals surface area contributed by atoms with Crippen molar-refractivity contribution in [3.8, 4) is 0 Å². The van der Waals surface area contributed by atoms with E-state index in [2.05, 4.69) is 9.88 Å². The Morgan fingerprint density at radius 2 is 2.44 bits per heavy atom. The third-order valence-corrected chi connectivity index (χ3v) is 2.99. The van der Waals surface area contributed by atoms with Gasteiger partial charge in [0.05, 0.1) is 6.10 Å². The van der Waals surface area contributed by atoms with Crippen molar-refractivity contribution in [1.82, 2.24) is 4.98 Å². The lowest BCUT2D eigenvalue weighted by atomic mass is 10.2. The summed E-state index contributed by atoms with van der Waals surface area (Å²) >= 11 is 0. The van der Waals surface area contributed by atoms with Crippen LogP contribution in [0.5, 0.6) is 0 Å². The highest BCUT2D eigenvalue weighted by Crippen LogP contribution is 2.23. The number of rotatable bonds is 3. The average molecular weight is 220 g/mol. The van der Waals surface area contributed by atoms with Gasteiger partial charge >= 0.3 is 0 Å². The number of pyridine rings is 1. The molecule has 1 atom stereocenters. The van der Waals surface area contributed by atoms with E-state index >= 15 is 0 Å². The summed E-state index contributed by atoms with van der Waals surface area (Å²) < 4.78 is 5.32. The summed E-state index contributed by atoms with van der Waals surface area (Å²) in [6.45, 7) is 3.83. The van der Waals surface area contributed by atoms with E-state index in [9.17, 15) is 4.79 Å². The average Bonchev–Trinajstić information content (AvgIpc) is 2.77. The lowest BCUT2D eigenvalue weighted by molar-refractivity contribution is 0.112. The monoisotopic (exact) mass is 220 g/mol. The van der Waals surface area contributed by atoms with Crippen molar-refractivity contribution >= 4 is 12.1 Å². The maximum absolute atomic E-state index is 10.6. The predicted molar refractivity (Wildman–Crippen MR) is 62.0 cm³/mol. The van der Waals surface area contributed by atoms with Crippen LogP contribution in [0.25, 0.3) is 0 Å². The molecule has 4 nitrogen and oxygen atoms in total. The molecular formula is C12H16N2O2. The molecule has 1 aromatic rings. The number of methoxy groups -OCH3 is 1. The summed E-state index contributed by atoms with van der Waals surface area (Å²) in [6.07, 6.45) is 3.78. The maximum Gasteiger partial charge on any atom is 0.151 e. The quantitative estimate of drug-likeness (QED) is 0.723. The smallest absolute Gasteiger partial charge is 0.151 e. The van der Waals surface area contributed by atoms with Crippen molar-refractivity contribution in [3.63, 3.8) is 0 Å². The van der Waals surface area contributed by atoms with E-state index in [1.54, 1.807) is 13.3 Å².